The molecular weight excluding hydrogens is 622 g/mol. The second-order valence-electron chi connectivity index (χ2n) is 10.2. The fourth-order valence-corrected chi connectivity index (χ4v) is 6.62. The van der Waals surface area contributed by atoms with Crippen molar-refractivity contribution in [3.63, 3.8) is 0 Å². The van der Waals surface area contributed by atoms with Crippen molar-refractivity contribution in [1.29, 1.82) is 0 Å². The van der Waals surface area contributed by atoms with E-state index in [2.05, 4.69) is 14.3 Å². The molecule has 1 amide bonds. The Kier molecular flexibility index (Phi) is 11.3. The molecule has 4 aromatic rings. The molecule has 1 fully saturated rings. The van der Waals surface area contributed by atoms with Gasteiger partial charge in [-0.05, 0) is 72.1 Å². The van der Waals surface area contributed by atoms with Gasteiger partial charge in [-0.2, -0.15) is 13.2 Å². The first-order valence-electron chi connectivity index (χ1n) is 14.4. The molecule has 236 valence electrons. The van der Waals surface area contributed by atoms with Gasteiger partial charge in [0.1, 0.15) is 11.0 Å². The van der Waals surface area contributed by atoms with Gasteiger partial charge in [0.15, 0.2) is 0 Å². The van der Waals surface area contributed by atoms with E-state index in [0.29, 0.717) is 67.8 Å². The van der Waals surface area contributed by atoms with Crippen molar-refractivity contribution in [2.45, 2.75) is 22.6 Å². The third-order valence-electron chi connectivity index (χ3n) is 7.05. The van der Waals surface area contributed by atoms with Crippen LogP contribution in [0.1, 0.15) is 21.5 Å². The molecule has 1 aliphatic rings. The summed E-state index contributed by atoms with van der Waals surface area (Å²) in [5, 5.41) is 2.88. The van der Waals surface area contributed by atoms with Crippen LogP contribution in [0.4, 0.5) is 24.5 Å². The molecular formula is C33H33F3N4O3S2. The predicted octanol–water partition coefficient (Wildman–Crippen LogP) is 6.62. The lowest BCUT2D eigenvalue weighted by Crippen LogP contribution is -2.43. The van der Waals surface area contributed by atoms with E-state index in [9.17, 15) is 22.2 Å². The van der Waals surface area contributed by atoms with Crippen molar-refractivity contribution in [2.24, 2.45) is 0 Å². The summed E-state index contributed by atoms with van der Waals surface area (Å²) in [6, 6.07) is 29.4. The third kappa shape index (κ3) is 9.41. The van der Waals surface area contributed by atoms with E-state index in [-0.39, 0.29) is 5.91 Å². The standard InChI is InChI=1S/C33H33F3N4O3S2/c34-33(35,36)26-9-6-10-28(23-26)39-18-20-40(21-19-39)44-29-15-13-27(14-16-29)38-32(41)30-11-4-5-12-31(30)45(42)37-17-22-43-24-25-7-2-1-3-8-25/h1-16,23,37H,17-22,24H2,(H,38,41). The number of hydrogen-bond acceptors (Lipinski definition) is 6. The van der Waals surface area contributed by atoms with E-state index >= 15 is 0 Å². The molecule has 12 heteroatoms. The smallest absolute Gasteiger partial charge is 0.375 e. The van der Waals surface area contributed by atoms with E-state index in [1.807, 2.05) is 47.4 Å². The maximum Gasteiger partial charge on any atom is 0.416 e. The first kappa shape index (κ1) is 32.7. The summed E-state index contributed by atoms with van der Waals surface area (Å²) < 4.78 is 63.0. The van der Waals surface area contributed by atoms with Gasteiger partial charge >= 0.3 is 6.18 Å². The van der Waals surface area contributed by atoms with Crippen molar-refractivity contribution >= 4 is 40.2 Å². The third-order valence-corrected chi connectivity index (χ3v) is 9.37. The summed E-state index contributed by atoms with van der Waals surface area (Å²) >= 11 is 1.56. The fourth-order valence-electron chi connectivity index (χ4n) is 4.73. The van der Waals surface area contributed by atoms with Gasteiger partial charge in [0.05, 0.1) is 29.2 Å². The second kappa shape index (κ2) is 15.5. The minimum absolute atomic E-state index is 0.311. The van der Waals surface area contributed by atoms with Crippen LogP contribution in [0.15, 0.2) is 113 Å². The average molecular weight is 655 g/mol. The molecule has 0 spiro atoms. The number of carbonyl (C=O) groups excluding carboxylic acids is 1. The van der Waals surface area contributed by atoms with Crippen LogP contribution < -0.4 is 14.9 Å². The highest BCUT2D eigenvalue weighted by Crippen LogP contribution is 2.33. The van der Waals surface area contributed by atoms with E-state index in [0.717, 1.165) is 16.5 Å². The molecule has 1 saturated heterocycles. The maximum atomic E-state index is 13.1. The molecule has 0 bridgehead atoms. The van der Waals surface area contributed by atoms with Crippen LogP contribution in [0.5, 0.6) is 0 Å². The van der Waals surface area contributed by atoms with E-state index in [4.69, 9.17) is 4.74 Å². The van der Waals surface area contributed by atoms with E-state index < -0.39 is 22.7 Å². The zero-order valence-corrected chi connectivity index (χ0v) is 26.0. The summed E-state index contributed by atoms with van der Waals surface area (Å²) in [7, 11) is -1.60. The maximum absolute atomic E-state index is 13.1. The number of amides is 1. The van der Waals surface area contributed by atoms with Crippen LogP contribution in [0, 0.1) is 0 Å². The molecule has 0 aromatic heterocycles. The molecule has 4 aromatic carbocycles. The Labute approximate surface area is 267 Å². The van der Waals surface area contributed by atoms with Crippen LogP contribution >= 0.6 is 11.9 Å². The molecule has 1 heterocycles. The summed E-state index contributed by atoms with van der Waals surface area (Å²) in [5.41, 5.74) is 1.90. The summed E-state index contributed by atoms with van der Waals surface area (Å²) in [5.74, 6) is -0.368. The molecule has 0 aliphatic carbocycles. The zero-order chi connectivity index (χ0) is 31.6. The first-order chi connectivity index (χ1) is 21.8. The summed E-state index contributed by atoms with van der Waals surface area (Å²) in [6.07, 6.45) is -4.36. The molecule has 5 rings (SSSR count). The number of benzene rings is 4. The quantitative estimate of drug-likeness (QED) is 0.132. The van der Waals surface area contributed by atoms with Crippen molar-refractivity contribution in [3.8, 4) is 0 Å². The Bertz CT molecular complexity index is 1580. The van der Waals surface area contributed by atoms with Gasteiger partial charge < -0.3 is 15.0 Å². The minimum Gasteiger partial charge on any atom is -0.375 e. The second-order valence-corrected chi connectivity index (χ2v) is 12.7. The number of ether oxygens (including phenoxy) is 1. The zero-order valence-electron chi connectivity index (χ0n) is 24.3. The summed E-state index contributed by atoms with van der Waals surface area (Å²) in [6.45, 7) is 3.77. The van der Waals surface area contributed by atoms with Crippen molar-refractivity contribution in [2.75, 3.05) is 49.5 Å². The molecule has 7 nitrogen and oxygen atoms in total. The van der Waals surface area contributed by atoms with Crippen molar-refractivity contribution in [1.82, 2.24) is 9.03 Å². The Morgan fingerprint density at radius 3 is 2.31 bits per heavy atom. The highest BCUT2D eigenvalue weighted by atomic mass is 32.2. The molecule has 0 radical (unpaired) electrons. The molecule has 1 atom stereocenters. The van der Waals surface area contributed by atoms with Gasteiger partial charge in [-0.1, -0.05) is 48.5 Å². The number of nitrogens with one attached hydrogen (secondary N) is 2. The number of anilines is 2. The molecule has 0 saturated carbocycles. The van der Waals surface area contributed by atoms with Gasteiger partial charge in [-0.3, -0.25) is 4.79 Å². The number of piperazine rings is 1. The van der Waals surface area contributed by atoms with Crippen molar-refractivity contribution < 1.29 is 26.9 Å². The van der Waals surface area contributed by atoms with E-state index in [1.54, 1.807) is 54.4 Å². The largest absolute Gasteiger partial charge is 0.416 e. The summed E-state index contributed by atoms with van der Waals surface area (Å²) in [4.78, 5) is 16.4. The average Bonchev–Trinajstić information content (AvgIpc) is 3.06. The monoisotopic (exact) mass is 654 g/mol. The lowest BCUT2D eigenvalue weighted by atomic mass is 10.1. The number of nitrogens with zero attached hydrogens (tertiary/aromatic N) is 2. The molecule has 1 aliphatic heterocycles. The highest BCUT2D eigenvalue weighted by Gasteiger charge is 2.31. The topological polar surface area (TPSA) is 73.9 Å². The van der Waals surface area contributed by atoms with Crippen LogP contribution in [0.3, 0.4) is 0 Å². The SMILES string of the molecule is O=C(Nc1ccc(SN2CCN(c3cccc(C(F)(F)F)c3)CC2)cc1)c1ccccc1S(=O)NCCOCc1ccccc1. The Hall–Kier alpha value is -3.68. The fraction of sp³-hybridized carbons (Fsp3) is 0.242. The van der Waals surface area contributed by atoms with Gasteiger partial charge in [0.25, 0.3) is 5.91 Å². The van der Waals surface area contributed by atoms with Crippen LogP contribution in [-0.2, 0) is 28.5 Å². The van der Waals surface area contributed by atoms with Gasteiger partial charge in [0, 0.05) is 49.0 Å². The number of rotatable bonds is 12. The normalized spacial score (nSPS) is 14.7. The van der Waals surface area contributed by atoms with Crippen molar-refractivity contribution in [3.05, 3.63) is 120 Å². The number of hydrogen-bond donors (Lipinski definition) is 2. The van der Waals surface area contributed by atoms with E-state index in [1.165, 1.54) is 12.1 Å². The Morgan fingerprint density at radius 2 is 1.58 bits per heavy atom. The van der Waals surface area contributed by atoms with Crippen LogP contribution in [0.25, 0.3) is 0 Å². The Morgan fingerprint density at radius 1 is 0.867 bits per heavy atom. The minimum atomic E-state index is -4.36. The lowest BCUT2D eigenvalue weighted by Gasteiger charge is -2.35. The first-order valence-corrected chi connectivity index (χ1v) is 16.3. The molecule has 1 unspecified atom stereocenters. The van der Waals surface area contributed by atoms with Gasteiger partial charge in [0.2, 0.25) is 0 Å². The highest BCUT2D eigenvalue weighted by molar-refractivity contribution is 7.97. The predicted molar refractivity (Wildman–Crippen MR) is 172 cm³/mol. The van der Waals surface area contributed by atoms with Gasteiger partial charge in [-0.15, -0.1) is 0 Å². The lowest BCUT2D eigenvalue weighted by molar-refractivity contribution is -0.137. The molecule has 45 heavy (non-hydrogen) atoms. The van der Waals surface area contributed by atoms with Crippen LogP contribution in [0.2, 0.25) is 0 Å². The van der Waals surface area contributed by atoms with Gasteiger partial charge in [-0.25, -0.2) is 13.2 Å². The molecule has 2 N–H and O–H groups in total. The number of halogens is 3. The number of carbonyl (C=O) groups is 1. The number of alkyl halides is 3. The van der Waals surface area contributed by atoms with Crippen LogP contribution in [-0.4, -0.2) is 53.8 Å². The Balaban J connectivity index is 1.08.